The molecule has 0 atom stereocenters. The van der Waals surface area contributed by atoms with Gasteiger partial charge in [-0.15, -0.1) is 0 Å². The number of aliphatic imine (C=N–C) groups is 2. The molecule has 0 saturated heterocycles. The van der Waals surface area contributed by atoms with Crippen molar-refractivity contribution in [1.82, 2.24) is 0 Å². The van der Waals surface area contributed by atoms with Gasteiger partial charge in [0.05, 0.1) is 11.4 Å². The average molecular weight is 272 g/mol. The Bertz CT molecular complexity index is 538. The van der Waals surface area contributed by atoms with Crippen LogP contribution in [0.1, 0.15) is 59.6 Å². The van der Waals surface area contributed by atoms with Crippen LogP contribution < -0.4 is 0 Å². The Kier molecular flexibility index (Phi) is 4.58. The Labute approximate surface area is 124 Å². The largest absolute Gasteiger partial charge is 0.262 e. The average Bonchev–Trinajstić information content (AvgIpc) is 2.28. The minimum atomic E-state index is 0.0631. The molecule has 2 nitrogen and oxygen atoms in total. The van der Waals surface area contributed by atoms with E-state index < -0.39 is 0 Å². The standard InChI is InChI=1S/C18H28N2/c1-12-10-14(18(6,7)8)11-15(19-9)16(12)20-13(2)17(3,4)5/h10-11H,9H2,1-8H3. The maximum atomic E-state index is 4.81. The summed E-state index contributed by atoms with van der Waals surface area (Å²) in [5.41, 5.74) is 5.51. The van der Waals surface area contributed by atoms with Crippen molar-refractivity contribution < 1.29 is 0 Å². The van der Waals surface area contributed by atoms with Crippen molar-refractivity contribution in [2.75, 3.05) is 0 Å². The van der Waals surface area contributed by atoms with E-state index in [1.54, 1.807) is 0 Å². The lowest BCUT2D eigenvalue weighted by Crippen LogP contribution is -2.16. The van der Waals surface area contributed by atoms with Crippen LogP contribution in [0.25, 0.3) is 0 Å². The third kappa shape index (κ3) is 3.78. The number of rotatable bonds is 2. The van der Waals surface area contributed by atoms with E-state index >= 15 is 0 Å². The van der Waals surface area contributed by atoms with E-state index in [0.717, 1.165) is 22.6 Å². The number of hydrogen-bond donors (Lipinski definition) is 0. The summed E-state index contributed by atoms with van der Waals surface area (Å²) >= 11 is 0. The van der Waals surface area contributed by atoms with Gasteiger partial charge in [-0.05, 0) is 48.6 Å². The molecule has 0 bridgehead atoms. The smallest absolute Gasteiger partial charge is 0.0914 e. The summed E-state index contributed by atoms with van der Waals surface area (Å²) in [4.78, 5) is 8.99. The zero-order chi connectivity index (χ0) is 15.7. The molecule has 0 aliphatic carbocycles. The van der Waals surface area contributed by atoms with E-state index in [2.05, 4.69) is 79.2 Å². The topological polar surface area (TPSA) is 24.7 Å². The minimum absolute atomic E-state index is 0.0631. The quantitative estimate of drug-likeness (QED) is 0.611. The van der Waals surface area contributed by atoms with Crippen LogP contribution >= 0.6 is 0 Å². The van der Waals surface area contributed by atoms with Gasteiger partial charge in [-0.1, -0.05) is 47.6 Å². The second kappa shape index (κ2) is 5.51. The van der Waals surface area contributed by atoms with Gasteiger partial charge in [0.15, 0.2) is 0 Å². The molecule has 110 valence electrons. The van der Waals surface area contributed by atoms with Gasteiger partial charge in [0.2, 0.25) is 0 Å². The molecule has 0 N–H and O–H groups in total. The summed E-state index contributed by atoms with van der Waals surface area (Å²) < 4.78 is 0. The van der Waals surface area contributed by atoms with E-state index in [9.17, 15) is 0 Å². The fourth-order valence-electron chi connectivity index (χ4n) is 1.80. The van der Waals surface area contributed by atoms with E-state index in [1.165, 1.54) is 5.56 Å². The molecule has 0 spiro atoms. The molecule has 1 rings (SSSR count). The molecule has 0 aliphatic rings. The summed E-state index contributed by atoms with van der Waals surface area (Å²) in [7, 11) is 0. The zero-order valence-corrected chi connectivity index (χ0v) is 14.3. The van der Waals surface area contributed by atoms with Crippen molar-refractivity contribution in [3.05, 3.63) is 23.3 Å². The van der Waals surface area contributed by atoms with Crippen LogP contribution in [0.4, 0.5) is 11.4 Å². The summed E-state index contributed by atoms with van der Waals surface area (Å²) in [6, 6.07) is 4.32. The van der Waals surface area contributed by atoms with Gasteiger partial charge in [-0.2, -0.15) is 0 Å². The third-order valence-corrected chi connectivity index (χ3v) is 3.68. The molecular weight excluding hydrogens is 244 g/mol. The van der Waals surface area contributed by atoms with Gasteiger partial charge >= 0.3 is 0 Å². The van der Waals surface area contributed by atoms with Crippen molar-refractivity contribution in [2.24, 2.45) is 15.4 Å². The maximum Gasteiger partial charge on any atom is 0.0914 e. The van der Waals surface area contributed by atoms with Crippen LogP contribution in [0.2, 0.25) is 0 Å². The van der Waals surface area contributed by atoms with E-state index in [4.69, 9.17) is 4.99 Å². The predicted octanol–water partition coefficient (Wildman–Crippen LogP) is 5.76. The maximum absolute atomic E-state index is 4.81. The molecule has 0 aliphatic heterocycles. The molecule has 0 radical (unpaired) electrons. The molecule has 0 saturated carbocycles. The second-order valence-corrected chi connectivity index (χ2v) is 7.52. The Hall–Kier alpha value is -1.44. The van der Waals surface area contributed by atoms with Gasteiger partial charge in [0.25, 0.3) is 0 Å². The number of nitrogens with zero attached hydrogens (tertiary/aromatic N) is 2. The summed E-state index contributed by atoms with van der Waals surface area (Å²) in [5.74, 6) is 0. The van der Waals surface area contributed by atoms with Gasteiger partial charge in [0, 0.05) is 5.71 Å². The molecule has 1 aromatic carbocycles. The van der Waals surface area contributed by atoms with Crippen LogP contribution in [0, 0.1) is 12.3 Å². The van der Waals surface area contributed by atoms with Crippen LogP contribution in [0.5, 0.6) is 0 Å². The van der Waals surface area contributed by atoms with Gasteiger partial charge in [0.1, 0.15) is 0 Å². The van der Waals surface area contributed by atoms with Crippen LogP contribution in [-0.2, 0) is 5.41 Å². The second-order valence-electron chi connectivity index (χ2n) is 7.52. The Balaban J connectivity index is 3.47. The first-order valence-electron chi connectivity index (χ1n) is 7.14. The van der Waals surface area contributed by atoms with E-state index in [1.807, 2.05) is 0 Å². The Morgan fingerprint density at radius 1 is 1.05 bits per heavy atom. The summed E-state index contributed by atoms with van der Waals surface area (Å²) in [6.45, 7) is 21.0. The van der Waals surface area contributed by atoms with Crippen LogP contribution in [-0.4, -0.2) is 12.4 Å². The third-order valence-electron chi connectivity index (χ3n) is 3.68. The number of benzene rings is 1. The highest BCUT2D eigenvalue weighted by atomic mass is 14.8. The van der Waals surface area contributed by atoms with Crippen molar-refractivity contribution in [1.29, 1.82) is 0 Å². The monoisotopic (exact) mass is 272 g/mol. The van der Waals surface area contributed by atoms with E-state index in [-0.39, 0.29) is 10.8 Å². The zero-order valence-electron chi connectivity index (χ0n) is 14.3. The van der Waals surface area contributed by atoms with Crippen LogP contribution in [0.3, 0.4) is 0 Å². The van der Waals surface area contributed by atoms with Crippen LogP contribution in [0.15, 0.2) is 22.1 Å². The molecular formula is C18H28N2. The van der Waals surface area contributed by atoms with Crippen molar-refractivity contribution >= 4 is 23.8 Å². The van der Waals surface area contributed by atoms with Gasteiger partial charge < -0.3 is 0 Å². The lowest BCUT2D eigenvalue weighted by atomic mass is 9.85. The van der Waals surface area contributed by atoms with Gasteiger partial charge in [-0.25, -0.2) is 0 Å². The van der Waals surface area contributed by atoms with Gasteiger partial charge in [-0.3, -0.25) is 9.98 Å². The molecule has 1 aromatic rings. The number of aryl methyl sites for hydroxylation is 1. The molecule has 0 amide bonds. The predicted molar refractivity (Wildman–Crippen MR) is 91.3 cm³/mol. The lowest BCUT2D eigenvalue weighted by Gasteiger charge is -2.22. The molecule has 0 heterocycles. The summed E-state index contributed by atoms with van der Waals surface area (Å²) in [6.07, 6.45) is 0. The molecule has 0 aromatic heterocycles. The molecule has 2 heteroatoms. The Morgan fingerprint density at radius 3 is 2.00 bits per heavy atom. The first-order chi connectivity index (χ1) is 8.96. The lowest BCUT2D eigenvalue weighted by molar-refractivity contribution is 0.587. The molecule has 0 unspecified atom stereocenters. The minimum Gasteiger partial charge on any atom is -0.262 e. The highest BCUT2D eigenvalue weighted by Crippen LogP contribution is 2.37. The molecule has 20 heavy (non-hydrogen) atoms. The van der Waals surface area contributed by atoms with Crippen molar-refractivity contribution in [3.63, 3.8) is 0 Å². The highest BCUT2D eigenvalue weighted by molar-refractivity contribution is 5.91. The Morgan fingerprint density at radius 2 is 1.60 bits per heavy atom. The number of hydrogen-bond acceptors (Lipinski definition) is 2. The normalized spacial score (nSPS) is 13.5. The fraction of sp³-hybridized carbons (Fsp3) is 0.556. The van der Waals surface area contributed by atoms with Crippen molar-refractivity contribution in [2.45, 2.75) is 60.8 Å². The highest BCUT2D eigenvalue weighted by Gasteiger charge is 2.19. The first-order valence-corrected chi connectivity index (χ1v) is 7.14. The SMILES string of the molecule is C=Nc1cc(C(C)(C)C)cc(C)c1N=C(C)C(C)(C)C. The molecule has 0 fully saturated rings. The fourth-order valence-corrected chi connectivity index (χ4v) is 1.80. The van der Waals surface area contributed by atoms with Crippen molar-refractivity contribution in [3.8, 4) is 0 Å². The summed E-state index contributed by atoms with van der Waals surface area (Å²) in [5, 5.41) is 0. The van der Waals surface area contributed by atoms with E-state index in [0.29, 0.717) is 0 Å². The first kappa shape index (κ1) is 16.6.